The van der Waals surface area contributed by atoms with Gasteiger partial charge in [-0.25, -0.2) is 0 Å². The first-order chi connectivity index (χ1) is 6.22. The van der Waals surface area contributed by atoms with Crippen molar-refractivity contribution in [3.8, 4) is 0 Å². The summed E-state index contributed by atoms with van der Waals surface area (Å²) in [5.41, 5.74) is 0. The van der Waals surface area contributed by atoms with Crippen LogP contribution in [0.5, 0.6) is 0 Å². The first kappa shape index (κ1) is 11.0. The third-order valence-corrected chi connectivity index (χ3v) is 2.76. The molecule has 2 heteroatoms. The van der Waals surface area contributed by atoms with Gasteiger partial charge < -0.3 is 4.90 Å². The summed E-state index contributed by atoms with van der Waals surface area (Å²) in [6.45, 7) is 7.67. The van der Waals surface area contributed by atoms with E-state index >= 15 is 0 Å². The van der Waals surface area contributed by atoms with Crippen molar-refractivity contribution in [1.82, 2.24) is 4.90 Å². The minimum atomic E-state index is -0.135. The molecular formula is C11H21FN. The van der Waals surface area contributed by atoms with E-state index in [0.717, 1.165) is 26.1 Å². The zero-order valence-electron chi connectivity index (χ0n) is 8.85. The van der Waals surface area contributed by atoms with Crippen molar-refractivity contribution in [2.75, 3.05) is 26.3 Å². The Labute approximate surface area is 81.3 Å². The van der Waals surface area contributed by atoms with Gasteiger partial charge in [0.1, 0.15) is 0 Å². The molecule has 0 spiro atoms. The van der Waals surface area contributed by atoms with Crippen molar-refractivity contribution in [3.05, 3.63) is 5.92 Å². The number of likely N-dealkylation sites (tertiary alicyclic amines) is 1. The van der Waals surface area contributed by atoms with Crippen LogP contribution in [0.2, 0.25) is 0 Å². The van der Waals surface area contributed by atoms with Crippen molar-refractivity contribution in [3.63, 3.8) is 0 Å². The van der Waals surface area contributed by atoms with Crippen LogP contribution in [-0.2, 0) is 0 Å². The Hall–Kier alpha value is -0.110. The lowest BCUT2D eigenvalue weighted by molar-refractivity contribution is 0.178. The Kier molecular flexibility index (Phi) is 4.71. The van der Waals surface area contributed by atoms with E-state index in [1.165, 1.54) is 18.8 Å². The molecule has 1 aliphatic heterocycles. The molecule has 0 aromatic heterocycles. The fourth-order valence-electron chi connectivity index (χ4n) is 2.03. The monoisotopic (exact) mass is 186 g/mol. The van der Waals surface area contributed by atoms with Gasteiger partial charge in [-0.3, -0.25) is 4.39 Å². The van der Waals surface area contributed by atoms with Crippen LogP contribution >= 0.6 is 0 Å². The summed E-state index contributed by atoms with van der Waals surface area (Å²) >= 11 is 0. The van der Waals surface area contributed by atoms with Crippen LogP contribution in [0.3, 0.4) is 0 Å². The smallest absolute Gasteiger partial charge is 0.0897 e. The Morgan fingerprint density at radius 2 is 1.92 bits per heavy atom. The summed E-state index contributed by atoms with van der Waals surface area (Å²) in [4.78, 5) is 2.48. The molecule has 1 saturated heterocycles. The number of nitrogens with zero attached hydrogens (tertiary/aromatic N) is 1. The second-order valence-corrected chi connectivity index (χ2v) is 4.40. The highest BCUT2D eigenvalue weighted by atomic mass is 19.1. The summed E-state index contributed by atoms with van der Waals surface area (Å²) in [5, 5.41) is 0. The van der Waals surface area contributed by atoms with Crippen molar-refractivity contribution in [2.24, 2.45) is 5.92 Å². The molecule has 13 heavy (non-hydrogen) atoms. The van der Waals surface area contributed by atoms with Crippen molar-refractivity contribution >= 4 is 0 Å². The normalized spacial score (nSPS) is 21.2. The molecule has 1 fully saturated rings. The van der Waals surface area contributed by atoms with Crippen molar-refractivity contribution in [1.29, 1.82) is 0 Å². The number of hydrogen-bond acceptors (Lipinski definition) is 1. The van der Waals surface area contributed by atoms with Crippen LogP contribution in [0, 0.1) is 11.8 Å². The number of hydrogen-bond donors (Lipinski definition) is 0. The molecule has 1 radical (unpaired) electrons. The lowest BCUT2D eigenvalue weighted by Gasteiger charge is -2.32. The van der Waals surface area contributed by atoms with Crippen LogP contribution in [0.25, 0.3) is 0 Å². The number of rotatable bonds is 4. The van der Waals surface area contributed by atoms with Gasteiger partial charge in [-0.2, -0.15) is 0 Å². The second-order valence-electron chi connectivity index (χ2n) is 4.40. The van der Waals surface area contributed by atoms with E-state index in [2.05, 4.69) is 18.7 Å². The van der Waals surface area contributed by atoms with E-state index in [-0.39, 0.29) is 6.67 Å². The van der Waals surface area contributed by atoms with E-state index in [4.69, 9.17) is 0 Å². The molecule has 0 atom stereocenters. The largest absolute Gasteiger partial charge is 0.303 e. The second kappa shape index (κ2) is 5.58. The molecule has 1 aliphatic rings. The number of halogens is 1. The molecule has 0 saturated carbocycles. The maximum atomic E-state index is 12.1. The molecule has 0 aromatic carbocycles. The Balaban J connectivity index is 2.15. The lowest BCUT2D eigenvalue weighted by atomic mass is 9.94. The highest BCUT2D eigenvalue weighted by Crippen LogP contribution is 2.21. The maximum absolute atomic E-state index is 12.1. The summed E-state index contributed by atoms with van der Waals surface area (Å²) in [5.74, 6) is 2.13. The fourth-order valence-corrected chi connectivity index (χ4v) is 2.03. The van der Waals surface area contributed by atoms with E-state index in [1.54, 1.807) is 0 Å². The Bertz CT molecular complexity index is 128. The van der Waals surface area contributed by atoms with Gasteiger partial charge in [0.2, 0.25) is 0 Å². The van der Waals surface area contributed by atoms with Crippen LogP contribution in [0.15, 0.2) is 0 Å². The van der Waals surface area contributed by atoms with Gasteiger partial charge in [0.15, 0.2) is 0 Å². The van der Waals surface area contributed by atoms with Crippen LogP contribution in [0.4, 0.5) is 4.39 Å². The molecule has 0 bridgehead atoms. The Morgan fingerprint density at radius 3 is 2.38 bits per heavy atom. The van der Waals surface area contributed by atoms with Gasteiger partial charge in [0.25, 0.3) is 0 Å². The topological polar surface area (TPSA) is 3.24 Å². The molecule has 0 aliphatic carbocycles. The van der Waals surface area contributed by atoms with Gasteiger partial charge >= 0.3 is 0 Å². The summed E-state index contributed by atoms with van der Waals surface area (Å²) in [6, 6.07) is 0. The van der Waals surface area contributed by atoms with E-state index in [1.807, 2.05) is 0 Å². The standard InChI is InChI=1S/C11H21FN/c1-10(2)9-13-7-4-11(3-6-12)5-8-13/h11H,3-9H2,1-2H3. The maximum Gasteiger partial charge on any atom is 0.0897 e. The van der Waals surface area contributed by atoms with Crippen molar-refractivity contribution < 1.29 is 4.39 Å². The predicted octanol–water partition coefficient (Wildman–Crippen LogP) is 2.67. The molecular weight excluding hydrogens is 165 g/mol. The fraction of sp³-hybridized carbons (Fsp3) is 0.909. The molecule has 1 rings (SSSR count). The first-order valence-electron chi connectivity index (χ1n) is 5.29. The average Bonchev–Trinajstić information content (AvgIpc) is 2.08. The number of alkyl halides is 1. The van der Waals surface area contributed by atoms with Gasteiger partial charge in [-0.1, -0.05) is 13.8 Å². The molecule has 0 N–H and O–H groups in total. The van der Waals surface area contributed by atoms with Gasteiger partial charge in [-0.15, -0.1) is 0 Å². The zero-order valence-corrected chi connectivity index (χ0v) is 8.85. The third-order valence-electron chi connectivity index (χ3n) is 2.76. The highest BCUT2D eigenvalue weighted by Gasteiger charge is 2.18. The van der Waals surface area contributed by atoms with Gasteiger partial charge in [0, 0.05) is 6.54 Å². The minimum Gasteiger partial charge on any atom is -0.303 e. The summed E-state index contributed by atoms with van der Waals surface area (Å²) in [6.07, 6.45) is 3.16. The average molecular weight is 186 g/mol. The molecule has 1 heterocycles. The summed E-state index contributed by atoms with van der Waals surface area (Å²) in [7, 11) is 0. The first-order valence-corrected chi connectivity index (χ1v) is 5.29. The number of piperidine rings is 1. The molecule has 0 amide bonds. The quantitative estimate of drug-likeness (QED) is 0.652. The minimum absolute atomic E-state index is 0.135. The van der Waals surface area contributed by atoms with Crippen LogP contribution < -0.4 is 0 Å². The summed E-state index contributed by atoms with van der Waals surface area (Å²) < 4.78 is 12.1. The molecule has 0 aromatic rings. The molecule has 0 unspecified atom stereocenters. The zero-order chi connectivity index (χ0) is 9.68. The molecule has 1 nitrogen and oxygen atoms in total. The lowest BCUT2D eigenvalue weighted by Crippen LogP contribution is -2.35. The molecule has 77 valence electrons. The van der Waals surface area contributed by atoms with Crippen LogP contribution in [0.1, 0.15) is 33.1 Å². The third kappa shape index (κ3) is 4.08. The Morgan fingerprint density at radius 1 is 1.31 bits per heavy atom. The van der Waals surface area contributed by atoms with Crippen LogP contribution in [-0.4, -0.2) is 31.2 Å². The van der Waals surface area contributed by atoms with Crippen molar-refractivity contribution in [2.45, 2.75) is 33.1 Å². The van der Waals surface area contributed by atoms with Gasteiger partial charge in [-0.05, 0) is 44.2 Å². The van der Waals surface area contributed by atoms with E-state index in [9.17, 15) is 4.39 Å². The van der Waals surface area contributed by atoms with E-state index < -0.39 is 0 Å². The van der Waals surface area contributed by atoms with Gasteiger partial charge in [0.05, 0.1) is 6.67 Å². The highest BCUT2D eigenvalue weighted by molar-refractivity contribution is 4.84. The van der Waals surface area contributed by atoms with E-state index in [0.29, 0.717) is 5.92 Å². The SMILES string of the molecule is C[C](C)CN1CCC(CCF)CC1. The predicted molar refractivity (Wildman–Crippen MR) is 54.3 cm³/mol.